The maximum absolute atomic E-state index is 12.8. The minimum absolute atomic E-state index is 0.172. The summed E-state index contributed by atoms with van der Waals surface area (Å²) >= 11 is 0. The van der Waals surface area contributed by atoms with Crippen molar-refractivity contribution in [2.45, 2.75) is 60.6 Å². The third-order valence-corrected chi connectivity index (χ3v) is 6.62. The maximum atomic E-state index is 12.8. The van der Waals surface area contributed by atoms with Crippen molar-refractivity contribution in [3.8, 4) is 5.75 Å². The molecular weight excluding hydrogens is 466 g/mol. The van der Waals surface area contributed by atoms with Gasteiger partial charge in [-0.2, -0.15) is 0 Å². The van der Waals surface area contributed by atoms with E-state index in [9.17, 15) is 9.59 Å². The van der Waals surface area contributed by atoms with Crippen LogP contribution in [-0.2, 0) is 17.9 Å². The van der Waals surface area contributed by atoms with E-state index in [1.54, 1.807) is 16.8 Å². The standard InChI is InChI=1S/C30H35N3O4/c1-6-8-17-32-22(5)28(30(35)36-7-2)26-18-25(15-16-27(26)32)37-19-23-11-13-24(14-12-23)29(34)31-33-20(3)9-10-21(33)4/h9-16,18H,6-8,17,19H2,1-5H3,(H,31,34). The van der Waals surface area contributed by atoms with E-state index in [1.165, 1.54) is 0 Å². The van der Waals surface area contributed by atoms with Gasteiger partial charge in [0.05, 0.1) is 12.2 Å². The highest BCUT2D eigenvalue weighted by Crippen LogP contribution is 2.31. The second kappa shape index (κ2) is 11.4. The fourth-order valence-electron chi connectivity index (χ4n) is 4.55. The number of esters is 1. The predicted octanol–water partition coefficient (Wildman–Crippen LogP) is 6.31. The van der Waals surface area contributed by atoms with E-state index >= 15 is 0 Å². The Bertz CT molecular complexity index is 1390. The molecule has 1 N–H and O–H groups in total. The van der Waals surface area contributed by atoms with Crippen LogP contribution in [0.4, 0.5) is 0 Å². The van der Waals surface area contributed by atoms with Gasteiger partial charge in [0.15, 0.2) is 0 Å². The van der Waals surface area contributed by atoms with Crippen LogP contribution in [-0.4, -0.2) is 27.7 Å². The van der Waals surface area contributed by atoms with Gasteiger partial charge >= 0.3 is 5.97 Å². The molecule has 0 saturated heterocycles. The lowest BCUT2D eigenvalue weighted by atomic mass is 10.1. The van der Waals surface area contributed by atoms with E-state index in [2.05, 4.69) is 16.9 Å². The van der Waals surface area contributed by atoms with Crippen LogP contribution in [0.5, 0.6) is 5.75 Å². The minimum atomic E-state index is -0.309. The summed E-state index contributed by atoms with van der Waals surface area (Å²) < 4.78 is 15.4. The number of nitrogens with one attached hydrogen (secondary N) is 1. The monoisotopic (exact) mass is 501 g/mol. The minimum Gasteiger partial charge on any atom is -0.489 e. The zero-order valence-corrected chi connectivity index (χ0v) is 22.3. The zero-order valence-electron chi connectivity index (χ0n) is 22.3. The van der Waals surface area contributed by atoms with Crippen molar-refractivity contribution in [2.75, 3.05) is 12.0 Å². The summed E-state index contributed by atoms with van der Waals surface area (Å²) in [6, 6.07) is 17.1. The van der Waals surface area contributed by atoms with Crippen molar-refractivity contribution in [1.29, 1.82) is 0 Å². The van der Waals surface area contributed by atoms with Crippen molar-refractivity contribution in [3.63, 3.8) is 0 Å². The van der Waals surface area contributed by atoms with Gasteiger partial charge in [-0.15, -0.1) is 0 Å². The van der Waals surface area contributed by atoms with Crippen LogP contribution in [0.25, 0.3) is 10.9 Å². The molecule has 2 aromatic carbocycles. The van der Waals surface area contributed by atoms with Gasteiger partial charge in [-0.1, -0.05) is 25.5 Å². The Morgan fingerprint density at radius 3 is 2.27 bits per heavy atom. The third kappa shape index (κ3) is 5.56. The Morgan fingerprint density at radius 2 is 1.62 bits per heavy atom. The number of rotatable bonds is 10. The topological polar surface area (TPSA) is 74.5 Å². The number of aryl methyl sites for hydroxylation is 3. The molecule has 0 spiro atoms. The Labute approximate surface area is 218 Å². The van der Waals surface area contributed by atoms with Crippen LogP contribution in [0.2, 0.25) is 0 Å². The zero-order chi connectivity index (χ0) is 26.5. The summed E-state index contributed by atoms with van der Waals surface area (Å²) in [5.41, 5.74) is 8.88. The van der Waals surface area contributed by atoms with Gasteiger partial charge in [0.25, 0.3) is 5.91 Å². The number of ether oxygens (including phenoxy) is 2. The molecule has 0 aliphatic rings. The molecule has 0 fully saturated rings. The number of amides is 1. The summed E-state index contributed by atoms with van der Waals surface area (Å²) in [4.78, 5) is 25.4. The number of nitrogens with zero attached hydrogens (tertiary/aromatic N) is 2. The Hall–Kier alpha value is -4.00. The molecule has 194 valence electrons. The van der Waals surface area contributed by atoms with Crippen LogP contribution in [0.15, 0.2) is 54.6 Å². The first kappa shape index (κ1) is 26.1. The number of fused-ring (bicyclic) bond motifs is 1. The van der Waals surface area contributed by atoms with Gasteiger partial charge in [-0.3, -0.25) is 14.9 Å². The predicted molar refractivity (Wildman–Crippen MR) is 146 cm³/mol. The maximum Gasteiger partial charge on any atom is 0.340 e. The van der Waals surface area contributed by atoms with Crippen LogP contribution >= 0.6 is 0 Å². The second-order valence-electron chi connectivity index (χ2n) is 9.24. The summed E-state index contributed by atoms with van der Waals surface area (Å²) in [6.45, 7) is 11.4. The lowest BCUT2D eigenvalue weighted by molar-refractivity contribution is 0.0527. The van der Waals surface area contributed by atoms with Crippen molar-refractivity contribution in [2.24, 2.45) is 0 Å². The number of unbranched alkanes of at least 4 members (excludes halogenated alkanes) is 1. The number of carbonyl (C=O) groups is 2. The fraction of sp³-hybridized carbons (Fsp3) is 0.333. The first-order valence-electron chi connectivity index (χ1n) is 12.8. The average molecular weight is 502 g/mol. The van der Waals surface area contributed by atoms with Gasteiger partial charge in [0.2, 0.25) is 0 Å². The van der Waals surface area contributed by atoms with Gasteiger partial charge in [0, 0.05) is 40.1 Å². The number of hydrogen-bond acceptors (Lipinski definition) is 4. The molecule has 37 heavy (non-hydrogen) atoms. The smallest absolute Gasteiger partial charge is 0.340 e. The van der Waals surface area contributed by atoms with E-state index in [1.807, 2.05) is 70.2 Å². The van der Waals surface area contributed by atoms with Crippen LogP contribution in [0.3, 0.4) is 0 Å². The molecular formula is C30H35N3O4. The number of hydrogen-bond donors (Lipinski definition) is 1. The van der Waals surface area contributed by atoms with Gasteiger partial charge in [-0.25, -0.2) is 4.79 Å². The molecule has 0 saturated carbocycles. The van der Waals surface area contributed by atoms with E-state index in [0.717, 1.165) is 52.9 Å². The normalized spacial score (nSPS) is 11.1. The Morgan fingerprint density at radius 1 is 0.919 bits per heavy atom. The van der Waals surface area contributed by atoms with Crippen molar-refractivity contribution >= 4 is 22.8 Å². The Balaban J connectivity index is 1.50. The lowest BCUT2D eigenvalue weighted by Gasteiger charge is -2.12. The summed E-state index contributed by atoms with van der Waals surface area (Å²) in [6.07, 6.45) is 2.10. The fourth-order valence-corrected chi connectivity index (χ4v) is 4.55. The molecule has 4 aromatic rings. The number of benzene rings is 2. The number of aromatic nitrogens is 2. The quantitative estimate of drug-likeness (QED) is 0.259. The Kier molecular flexibility index (Phi) is 8.01. The molecule has 2 aromatic heterocycles. The average Bonchev–Trinajstić information content (AvgIpc) is 3.36. The van der Waals surface area contributed by atoms with Crippen LogP contribution < -0.4 is 10.2 Å². The molecule has 7 nitrogen and oxygen atoms in total. The highest BCUT2D eigenvalue weighted by atomic mass is 16.5. The van der Waals surface area contributed by atoms with Crippen LogP contribution in [0.1, 0.15) is 70.1 Å². The summed E-state index contributed by atoms with van der Waals surface area (Å²) in [7, 11) is 0. The van der Waals surface area contributed by atoms with Crippen LogP contribution in [0, 0.1) is 20.8 Å². The molecule has 0 aliphatic heterocycles. The van der Waals surface area contributed by atoms with E-state index in [-0.39, 0.29) is 11.9 Å². The SMILES string of the molecule is CCCCn1c(C)c(C(=O)OCC)c2cc(OCc3ccc(C(=O)Nn4c(C)ccc4C)cc3)ccc21. The third-order valence-electron chi connectivity index (χ3n) is 6.62. The molecule has 0 bridgehead atoms. The molecule has 0 atom stereocenters. The van der Waals surface area contributed by atoms with E-state index in [4.69, 9.17) is 9.47 Å². The summed E-state index contributed by atoms with van der Waals surface area (Å²) in [5.74, 6) is 0.192. The molecule has 4 rings (SSSR count). The first-order chi connectivity index (χ1) is 17.8. The van der Waals surface area contributed by atoms with Crippen molar-refractivity contribution in [1.82, 2.24) is 9.24 Å². The lowest BCUT2D eigenvalue weighted by Crippen LogP contribution is -2.24. The first-order valence-corrected chi connectivity index (χ1v) is 12.8. The van der Waals surface area contributed by atoms with Gasteiger partial charge in [-0.05, 0) is 82.1 Å². The number of carbonyl (C=O) groups excluding carboxylic acids is 2. The summed E-state index contributed by atoms with van der Waals surface area (Å²) in [5, 5.41) is 0.840. The van der Waals surface area contributed by atoms with Crippen molar-refractivity contribution < 1.29 is 19.1 Å². The molecule has 2 heterocycles. The second-order valence-corrected chi connectivity index (χ2v) is 9.24. The molecule has 0 radical (unpaired) electrons. The van der Waals surface area contributed by atoms with E-state index in [0.29, 0.717) is 30.1 Å². The largest absolute Gasteiger partial charge is 0.489 e. The van der Waals surface area contributed by atoms with Gasteiger partial charge in [0.1, 0.15) is 12.4 Å². The molecule has 1 amide bonds. The highest BCUT2D eigenvalue weighted by Gasteiger charge is 2.21. The molecule has 7 heteroatoms. The molecule has 0 unspecified atom stereocenters. The van der Waals surface area contributed by atoms with E-state index < -0.39 is 0 Å². The molecule has 0 aliphatic carbocycles. The highest BCUT2D eigenvalue weighted by molar-refractivity contribution is 6.06. The van der Waals surface area contributed by atoms with Crippen molar-refractivity contribution in [3.05, 3.63) is 88.4 Å². The van der Waals surface area contributed by atoms with Gasteiger partial charge < -0.3 is 14.0 Å².